The van der Waals surface area contributed by atoms with E-state index in [1.54, 1.807) is 18.2 Å². The van der Waals surface area contributed by atoms with Crippen molar-refractivity contribution in [2.24, 2.45) is 5.92 Å². The minimum atomic E-state index is -0.0374. The number of nitriles is 1. The summed E-state index contributed by atoms with van der Waals surface area (Å²) < 4.78 is 0. The van der Waals surface area contributed by atoms with E-state index in [1.807, 2.05) is 11.0 Å². The normalized spacial score (nSPS) is 18.3. The lowest BCUT2D eigenvalue weighted by molar-refractivity contribution is 0.163. The third-order valence-corrected chi connectivity index (χ3v) is 5.08. The molecule has 0 heterocycles. The fourth-order valence-corrected chi connectivity index (χ4v) is 3.47. The average molecular weight is 332 g/mol. The Morgan fingerprint density at radius 2 is 2.00 bits per heavy atom. The maximum atomic E-state index is 12.7. The van der Waals surface area contributed by atoms with E-state index < -0.39 is 0 Å². The van der Waals surface area contributed by atoms with E-state index in [2.05, 4.69) is 5.32 Å². The van der Waals surface area contributed by atoms with Crippen LogP contribution in [-0.4, -0.2) is 23.5 Å². The van der Waals surface area contributed by atoms with Crippen molar-refractivity contribution >= 4 is 23.3 Å². The van der Waals surface area contributed by atoms with Crippen LogP contribution in [0, 0.1) is 17.2 Å². The highest BCUT2D eigenvalue weighted by molar-refractivity contribution is 6.32. The molecule has 2 amide bonds. The van der Waals surface area contributed by atoms with Gasteiger partial charge < -0.3 is 10.2 Å². The Balaban J connectivity index is 1.69. The molecule has 0 bridgehead atoms. The van der Waals surface area contributed by atoms with Gasteiger partial charge >= 0.3 is 6.03 Å². The number of benzene rings is 1. The van der Waals surface area contributed by atoms with E-state index in [-0.39, 0.29) is 6.03 Å². The lowest BCUT2D eigenvalue weighted by Gasteiger charge is -2.34. The van der Waals surface area contributed by atoms with Gasteiger partial charge in [-0.15, -0.1) is 0 Å². The molecule has 2 aliphatic rings. The first-order chi connectivity index (χ1) is 11.2. The van der Waals surface area contributed by atoms with Crippen LogP contribution in [0.4, 0.5) is 10.5 Å². The van der Waals surface area contributed by atoms with E-state index in [9.17, 15) is 4.79 Å². The van der Waals surface area contributed by atoms with E-state index in [0.29, 0.717) is 28.2 Å². The summed E-state index contributed by atoms with van der Waals surface area (Å²) in [5, 5.41) is 12.3. The van der Waals surface area contributed by atoms with Gasteiger partial charge in [-0.2, -0.15) is 5.26 Å². The van der Waals surface area contributed by atoms with Gasteiger partial charge in [0.2, 0.25) is 0 Å². The molecule has 0 aromatic heterocycles. The van der Waals surface area contributed by atoms with Crippen LogP contribution < -0.4 is 5.32 Å². The highest BCUT2D eigenvalue weighted by Crippen LogP contribution is 2.33. The molecule has 0 radical (unpaired) electrons. The van der Waals surface area contributed by atoms with Gasteiger partial charge in [-0.25, -0.2) is 4.79 Å². The van der Waals surface area contributed by atoms with Crippen LogP contribution >= 0.6 is 11.6 Å². The first-order valence-electron chi connectivity index (χ1n) is 8.44. The molecular weight excluding hydrogens is 310 g/mol. The number of anilines is 1. The number of nitrogens with zero attached hydrogens (tertiary/aromatic N) is 2. The maximum absolute atomic E-state index is 12.7. The third kappa shape index (κ3) is 4.17. The number of halogens is 1. The van der Waals surface area contributed by atoms with Crippen molar-refractivity contribution in [2.45, 2.75) is 51.0 Å². The smallest absolute Gasteiger partial charge is 0.321 e. The first-order valence-corrected chi connectivity index (χ1v) is 8.82. The van der Waals surface area contributed by atoms with Crippen LogP contribution in [0.5, 0.6) is 0 Å². The molecule has 2 saturated carbocycles. The minimum absolute atomic E-state index is 0.0374. The molecule has 0 unspecified atom stereocenters. The maximum Gasteiger partial charge on any atom is 0.322 e. The number of amides is 2. The Labute approximate surface area is 142 Å². The third-order valence-electron chi connectivity index (χ3n) is 4.77. The number of rotatable bonds is 4. The molecule has 0 aliphatic heterocycles. The lowest BCUT2D eigenvalue weighted by atomic mass is 9.94. The number of hydrogen-bond acceptors (Lipinski definition) is 2. The molecule has 23 heavy (non-hydrogen) atoms. The van der Waals surface area contributed by atoms with Gasteiger partial charge in [0.1, 0.15) is 6.07 Å². The van der Waals surface area contributed by atoms with Crippen molar-refractivity contribution in [3.8, 4) is 6.07 Å². The zero-order chi connectivity index (χ0) is 16.2. The molecule has 1 aromatic carbocycles. The van der Waals surface area contributed by atoms with Crippen LogP contribution in [0.1, 0.15) is 50.5 Å². The summed E-state index contributed by atoms with van der Waals surface area (Å²) in [6, 6.07) is 7.38. The van der Waals surface area contributed by atoms with Crippen LogP contribution in [-0.2, 0) is 0 Å². The van der Waals surface area contributed by atoms with Crippen LogP contribution in [0.25, 0.3) is 0 Å². The Bertz CT molecular complexity index is 615. The van der Waals surface area contributed by atoms with E-state index in [0.717, 1.165) is 19.4 Å². The predicted octanol–water partition coefficient (Wildman–Crippen LogP) is 4.79. The Morgan fingerprint density at radius 3 is 2.61 bits per heavy atom. The molecule has 0 atom stereocenters. The largest absolute Gasteiger partial charge is 0.322 e. The topological polar surface area (TPSA) is 56.1 Å². The standard InChI is InChI=1S/C18H22ClN3O/c19-17-10-15(9-8-14(17)11-20)21-18(23)22(12-13-6-7-13)16-4-2-1-3-5-16/h8-10,13,16H,1-7,12H2,(H,21,23). The van der Waals surface area contributed by atoms with Crippen LogP contribution in [0.2, 0.25) is 5.02 Å². The summed E-state index contributed by atoms with van der Waals surface area (Å²) in [5.41, 5.74) is 1.07. The number of carbonyl (C=O) groups is 1. The number of carbonyl (C=O) groups excluding carboxylic acids is 1. The Hall–Kier alpha value is -1.73. The molecule has 1 N–H and O–H groups in total. The van der Waals surface area contributed by atoms with Crippen molar-refractivity contribution in [3.63, 3.8) is 0 Å². The highest BCUT2D eigenvalue weighted by atomic mass is 35.5. The second kappa shape index (κ2) is 7.23. The second-order valence-corrected chi connectivity index (χ2v) is 7.03. The Kier molecular flexibility index (Phi) is 5.07. The van der Waals surface area contributed by atoms with E-state index >= 15 is 0 Å². The lowest BCUT2D eigenvalue weighted by Crippen LogP contribution is -2.45. The number of nitrogens with one attached hydrogen (secondary N) is 1. The first kappa shape index (κ1) is 16.1. The van der Waals surface area contributed by atoms with Gasteiger partial charge in [-0.05, 0) is 49.8 Å². The van der Waals surface area contributed by atoms with Gasteiger partial charge in [0, 0.05) is 18.3 Å². The summed E-state index contributed by atoms with van der Waals surface area (Å²) in [4.78, 5) is 14.8. The molecule has 1 aromatic rings. The fourth-order valence-electron chi connectivity index (χ4n) is 3.25. The molecule has 2 fully saturated rings. The molecule has 3 rings (SSSR count). The van der Waals surface area contributed by atoms with Crippen molar-refractivity contribution in [1.82, 2.24) is 4.90 Å². The molecule has 4 nitrogen and oxygen atoms in total. The van der Waals surface area contributed by atoms with Crippen molar-refractivity contribution in [1.29, 1.82) is 5.26 Å². The van der Waals surface area contributed by atoms with Crippen molar-refractivity contribution in [2.75, 3.05) is 11.9 Å². The average Bonchev–Trinajstić information content (AvgIpc) is 3.38. The van der Waals surface area contributed by atoms with Gasteiger partial charge in [-0.3, -0.25) is 0 Å². The molecule has 0 spiro atoms. The number of urea groups is 1. The summed E-state index contributed by atoms with van der Waals surface area (Å²) >= 11 is 6.05. The SMILES string of the molecule is N#Cc1ccc(NC(=O)N(CC2CC2)C2CCCCC2)cc1Cl. The van der Waals surface area contributed by atoms with Crippen LogP contribution in [0.3, 0.4) is 0 Å². The fraction of sp³-hybridized carbons (Fsp3) is 0.556. The van der Waals surface area contributed by atoms with Gasteiger partial charge in [-0.1, -0.05) is 30.9 Å². The summed E-state index contributed by atoms with van der Waals surface area (Å²) in [5.74, 6) is 0.673. The van der Waals surface area contributed by atoms with Crippen molar-refractivity contribution in [3.05, 3.63) is 28.8 Å². The molecular formula is C18H22ClN3O. The van der Waals surface area contributed by atoms with Gasteiger partial charge in [0.05, 0.1) is 10.6 Å². The van der Waals surface area contributed by atoms with E-state index in [1.165, 1.54) is 32.1 Å². The zero-order valence-electron chi connectivity index (χ0n) is 13.2. The second-order valence-electron chi connectivity index (χ2n) is 6.62. The van der Waals surface area contributed by atoms with Gasteiger partial charge in [0.15, 0.2) is 0 Å². The number of hydrogen-bond donors (Lipinski definition) is 1. The van der Waals surface area contributed by atoms with E-state index in [4.69, 9.17) is 16.9 Å². The Morgan fingerprint density at radius 1 is 1.26 bits per heavy atom. The van der Waals surface area contributed by atoms with Crippen molar-refractivity contribution < 1.29 is 4.79 Å². The molecule has 5 heteroatoms. The quantitative estimate of drug-likeness (QED) is 0.862. The van der Waals surface area contributed by atoms with Gasteiger partial charge in [0.25, 0.3) is 0 Å². The molecule has 122 valence electrons. The van der Waals surface area contributed by atoms with Crippen LogP contribution in [0.15, 0.2) is 18.2 Å². The summed E-state index contributed by atoms with van der Waals surface area (Å²) in [6.07, 6.45) is 8.38. The monoisotopic (exact) mass is 331 g/mol. The minimum Gasteiger partial charge on any atom is -0.321 e. The summed E-state index contributed by atoms with van der Waals surface area (Å²) in [6.45, 7) is 0.862. The zero-order valence-corrected chi connectivity index (χ0v) is 14.0. The predicted molar refractivity (Wildman–Crippen MR) is 91.5 cm³/mol. The molecule has 2 aliphatic carbocycles. The highest BCUT2D eigenvalue weighted by Gasteiger charge is 2.31. The molecule has 0 saturated heterocycles. The summed E-state index contributed by atoms with van der Waals surface area (Å²) in [7, 11) is 0.